The first-order chi connectivity index (χ1) is 18.2. The molecule has 0 saturated carbocycles. The van der Waals surface area contributed by atoms with Crippen molar-refractivity contribution in [2.24, 2.45) is 5.92 Å². The number of carbonyl (C=O) groups excluding carboxylic acids is 2. The summed E-state index contributed by atoms with van der Waals surface area (Å²) in [5.41, 5.74) is 1.24. The van der Waals surface area contributed by atoms with Crippen molar-refractivity contribution in [1.29, 1.82) is 0 Å². The Balaban J connectivity index is 1.53. The maximum Gasteiger partial charge on any atom is 0.247 e. The molecule has 0 atom stereocenters. The van der Waals surface area contributed by atoms with E-state index in [1.807, 2.05) is 23.9 Å². The number of amides is 2. The number of likely N-dealkylation sites (tertiary alicyclic amines) is 1. The Morgan fingerprint density at radius 3 is 2.66 bits per heavy atom. The molecule has 2 heterocycles. The predicted molar refractivity (Wildman–Crippen MR) is 149 cm³/mol. The Bertz CT molecular complexity index is 1340. The molecule has 1 aliphatic heterocycles. The van der Waals surface area contributed by atoms with Crippen molar-refractivity contribution in [1.82, 2.24) is 19.8 Å². The van der Waals surface area contributed by atoms with Gasteiger partial charge in [-0.25, -0.2) is 14.4 Å². The summed E-state index contributed by atoms with van der Waals surface area (Å²) in [7, 11) is 3.77. The molecule has 1 saturated heterocycles. The van der Waals surface area contributed by atoms with E-state index in [0.29, 0.717) is 58.9 Å². The van der Waals surface area contributed by atoms with Crippen LogP contribution in [0.5, 0.6) is 5.75 Å². The number of carbonyl (C=O) groups is 2. The molecule has 2 aromatic carbocycles. The monoisotopic (exact) mass is 584 g/mol. The summed E-state index contributed by atoms with van der Waals surface area (Å²) in [4.78, 5) is 36.9. The van der Waals surface area contributed by atoms with Gasteiger partial charge >= 0.3 is 0 Å². The maximum atomic E-state index is 14.5. The van der Waals surface area contributed by atoms with Gasteiger partial charge in [0.25, 0.3) is 0 Å². The Kier molecular flexibility index (Phi) is 8.90. The Hall–Kier alpha value is -3.57. The van der Waals surface area contributed by atoms with Crippen LogP contribution in [0.1, 0.15) is 12.8 Å². The zero-order valence-corrected chi connectivity index (χ0v) is 22.9. The molecule has 0 aliphatic carbocycles. The lowest BCUT2D eigenvalue weighted by Gasteiger charge is -2.32. The summed E-state index contributed by atoms with van der Waals surface area (Å²) in [5.74, 6) is 0.392. The van der Waals surface area contributed by atoms with E-state index >= 15 is 0 Å². The maximum absolute atomic E-state index is 14.5. The number of piperidine rings is 1. The molecule has 2 amide bonds. The van der Waals surface area contributed by atoms with E-state index < -0.39 is 11.7 Å². The van der Waals surface area contributed by atoms with E-state index in [0.717, 1.165) is 12.8 Å². The van der Waals surface area contributed by atoms with Crippen LogP contribution in [0.3, 0.4) is 0 Å². The van der Waals surface area contributed by atoms with Crippen molar-refractivity contribution in [3.63, 3.8) is 0 Å². The van der Waals surface area contributed by atoms with E-state index in [1.54, 1.807) is 24.3 Å². The van der Waals surface area contributed by atoms with Crippen molar-refractivity contribution in [3.8, 4) is 5.75 Å². The Morgan fingerprint density at radius 1 is 1.21 bits per heavy atom. The molecule has 200 valence electrons. The minimum Gasteiger partial charge on any atom is -0.491 e. The molecule has 1 aromatic heterocycles. The van der Waals surface area contributed by atoms with E-state index in [4.69, 9.17) is 4.74 Å². The standard InChI is InChI=1S/C27H30BrFN6O3/c1-4-25(36)32-23-12-19-22(30-16-31-27(19)33-21-6-5-18(28)11-20(21)29)13-24(23)38-15-17-7-9-35(10-8-17)26(37)14-34(2)3/h4-6,11-13,16-17H,1,7-10,14-15H2,2-3H3,(H,32,36)(H,30,31,33). The van der Waals surface area contributed by atoms with E-state index in [-0.39, 0.29) is 17.5 Å². The number of fused-ring (bicyclic) bond motifs is 1. The number of benzene rings is 2. The van der Waals surface area contributed by atoms with Crippen molar-refractivity contribution in [2.75, 3.05) is 51.0 Å². The highest BCUT2D eigenvalue weighted by atomic mass is 79.9. The molecular weight excluding hydrogens is 555 g/mol. The quantitative estimate of drug-likeness (QED) is 0.355. The Labute approximate surface area is 229 Å². The summed E-state index contributed by atoms with van der Waals surface area (Å²) in [5, 5.41) is 6.37. The van der Waals surface area contributed by atoms with Gasteiger partial charge in [0.1, 0.15) is 23.7 Å². The van der Waals surface area contributed by atoms with Gasteiger partial charge in [0.15, 0.2) is 0 Å². The largest absolute Gasteiger partial charge is 0.491 e. The third-order valence-electron chi connectivity index (χ3n) is 6.26. The van der Waals surface area contributed by atoms with Gasteiger partial charge in [0.2, 0.25) is 11.8 Å². The average Bonchev–Trinajstić information content (AvgIpc) is 2.89. The Morgan fingerprint density at radius 2 is 1.97 bits per heavy atom. The number of nitrogens with zero attached hydrogens (tertiary/aromatic N) is 4. The zero-order chi connectivity index (χ0) is 27.2. The predicted octanol–water partition coefficient (Wildman–Crippen LogP) is 4.58. The van der Waals surface area contributed by atoms with Crippen LogP contribution in [-0.4, -0.2) is 71.9 Å². The summed E-state index contributed by atoms with van der Waals surface area (Å²) in [6.45, 7) is 5.73. The first-order valence-corrected chi connectivity index (χ1v) is 13.0. The molecule has 3 aromatic rings. The van der Waals surface area contributed by atoms with Gasteiger partial charge < -0.3 is 25.2 Å². The third-order valence-corrected chi connectivity index (χ3v) is 6.75. The lowest BCUT2D eigenvalue weighted by molar-refractivity contribution is -0.133. The molecule has 11 heteroatoms. The summed E-state index contributed by atoms with van der Waals surface area (Å²) in [6.07, 6.45) is 4.21. The minimum atomic E-state index is -0.444. The van der Waals surface area contributed by atoms with Crippen LogP contribution in [-0.2, 0) is 9.59 Å². The van der Waals surface area contributed by atoms with E-state index in [1.165, 1.54) is 18.5 Å². The lowest BCUT2D eigenvalue weighted by Crippen LogP contribution is -2.43. The van der Waals surface area contributed by atoms with Crippen LogP contribution in [0, 0.1) is 11.7 Å². The molecule has 38 heavy (non-hydrogen) atoms. The second kappa shape index (κ2) is 12.3. The van der Waals surface area contributed by atoms with Gasteiger partial charge in [-0.05, 0) is 63.2 Å². The number of likely N-dealkylation sites (N-methyl/N-ethyl adjacent to an activating group) is 1. The van der Waals surface area contributed by atoms with Gasteiger partial charge in [-0.2, -0.15) is 0 Å². The van der Waals surface area contributed by atoms with Crippen LogP contribution in [0.2, 0.25) is 0 Å². The molecular formula is C27H30BrFN6O3. The molecule has 9 nitrogen and oxygen atoms in total. The van der Waals surface area contributed by atoms with E-state index in [2.05, 4.69) is 43.1 Å². The topological polar surface area (TPSA) is 99.7 Å². The van der Waals surface area contributed by atoms with Crippen molar-refractivity contribution in [3.05, 3.63) is 59.6 Å². The number of hydrogen-bond acceptors (Lipinski definition) is 7. The molecule has 4 rings (SSSR count). The zero-order valence-electron chi connectivity index (χ0n) is 21.3. The van der Waals surface area contributed by atoms with Gasteiger partial charge in [-0.15, -0.1) is 0 Å². The van der Waals surface area contributed by atoms with Gasteiger partial charge in [0.05, 0.1) is 30.0 Å². The first-order valence-electron chi connectivity index (χ1n) is 12.2. The van der Waals surface area contributed by atoms with Crippen LogP contribution < -0.4 is 15.4 Å². The first kappa shape index (κ1) is 27.5. The molecule has 0 unspecified atom stereocenters. The SMILES string of the molecule is C=CC(=O)Nc1cc2c(Nc3ccc(Br)cc3F)ncnc2cc1OCC1CCN(C(=O)CN(C)C)CC1. The number of rotatable bonds is 9. The number of ether oxygens (including phenoxy) is 1. The highest BCUT2D eigenvalue weighted by Crippen LogP contribution is 2.34. The number of hydrogen-bond donors (Lipinski definition) is 2. The van der Waals surface area contributed by atoms with Gasteiger partial charge in [0, 0.05) is 29.0 Å². The molecule has 0 spiro atoms. The van der Waals surface area contributed by atoms with Crippen molar-refractivity contribution in [2.45, 2.75) is 12.8 Å². The minimum absolute atomic E-state index is 0.130. The summed E-state index contributed by atoms with van der Waals surface area (Å²) >= 11 is 3.25. The second-order valence-electron chi connectivity index (χ2n) is 9.40. The number of anilines is 3. The normalized spacial score (nSPS) is 14.0. The molecule has 0 bridgehead atoms. The fourth-order valence-corrected chi connectivity index (χ4v) is 4.56. The number of aromatic nitrogens is 2. The number of halogens is 2. The van der Waals surface area contributed by atoms with Crippen LogP contribution in [0.15, 0.2) is 53.8 Å². The fraction of sp³-hybridized carbons (Fsp3) is 0.333. The lowest BCUT2D eigenvalue weighted by atomic mass is 9.97. The van der Waals surface area contributed by atoms with Gasteiger partial charge in [-0.1, -0.05) is 22.5 Å². The molecule has 1 fully saturated rings. The summed E-state index contributed by atoms with van der Waals surface area (Å²) in [6, 6.07) is 8.11. The summed E-state index contributed by atoms with van der Waals surface area (Å²) < 4.78 is 21.2. The van der Waals surface area contributed by atoms with Crippen LogP contribution >= 0.6 is 15.9 Å². The molecule has 2 N–H and O–H groups in total. The van der Waals surface area contributed by atoms with Crippen molar-refractivity contribution >= 4 is 55.8 Å². The molecule has 1 aliphatic rings. The smallest absolute Gasteiger partial charge is 0.247 e. The van der Waals surface area contributed by atoms with E-state index in [9.17, 15) is 14.0 Å². The highest BCUT2D eigenvalue weighted by Gasteiger charge is 2.24. The fourth-order valence-electron chi connectivity index (χ4n) is 4.23. The number of nitrogens with one attached hydrogen (secondary N) is 2. The van der Waals surface area contributed by atoms with Crippen LogP contribution in [0.4, 0.5) is 21.6 Å². The van der Waals surface area contributed by atoms with Crippen LogP contribution in [0.25, 0.3) is 10.9 Å². The average molecular weight is 585 g/mol. The van der Waals surface area contributed by atoms with Crippen molar-refractivity contribution < 1.29 is 18.7 Å². The third kappa shape index (κ3) is 6.84. The second-order valence-corrected chi connectivity index (χ2v) is 10.3. The highest BCUT2D eigenvalue weighted by molar-refractivity contribution is 9.10. The van der Waals surface area contributed by atoms with Gasteiger partial charge in [-0.3, -0.25) is 9.59 Å². The molecule has 0 radical (unpaired) electrons.